The van der Waals surface area contributed by atoms with E-state index in [4.69, 9.17) is 10.5 Å². The molecule has 1 aromatic rings. The van der Waals surface area contributed by atoms with Crippen molar-refractivity contribution >= 4 is 23.1 Å². The SMILES string of the molecule is CSCCC(N)c1csc(C2CCOC2)n1. The van der Waals surface area contributed by atoms with Gasteiger partial charge in [-0.15, -0.1) is 11.3 Å². The molecule has 2 rings (SSSR count). The molecule has 2 heterocycles. The van der Waals surface area contributed by atoms with Gasteiger partial charge in [0.1, 0.15) is 0 Å². The van der Waals surface area contributed by atoms with Crippen molar-refractivity contribution in [2.75, 3.05) is 25.2 Å². The van der Waals surface area contributed by atoms with Crippen LogP contribution in [0.4, 0.5) is 0 Å². The van der Waals surface area contributed by atoms with Gasteiger partial charge < -0.3 is 10.5 Å². The van der Waals surface area contributed by atoms with Crippen LogP contribution < -0.4 is 5.73 Å². The molecule has 1 aromatic heterocycles. The van der Waals surface area contributed by atoms with E-state index in [0.717, 1.165) is 37.5 Å². The standard InChI is InChI=1S/C11H18N2OS2/c1-15-5-3-9(12)10-7-16-11(13-10)8-2-4-14-6-8/h7-9H,2-6,12H2,1H3. The monoisotopic (exact) mass is 258 g/mol. The molecule has 3 nitrogen and oxygen atoms in total. The normalized spacial score (nSPS) is 22.5. The molecule has 16 heavy (non-hydrogen) atoms. The number of thioether (sulfide) groups is 1. The summed E-state index contributed by atoms with van der Waals surface area (Å²) < 4.78 is 5.38. The Morgan fingerprint density at radius 3 is 3.31 bits per heavy atom. The van der Waals surface area contributed by atoms with E-state index in [1.165, 1.54) is 5.01 Å². The van der Waals surface area contributed by atoms with Gasteiger partial charge in [0.05, 0.1) is 17.3 Å². The van der Waals surface area contributed by atoms with Crippen molar-refractivity contribution in [1.29, 1.82) is 0 Å². The molecule has 5 heteroatoms. The fourth-order valence-corrected chi connectivity index (χ4v) is 3.28. The number of aromatic nitrogens is 1. The summed E-state index contributed by atoms with van der Waals surface area (Å²) in [7, 11) is 0. The summed E-state index contributed by atoms with van der Waals surface area (Å²) in [6.45, 7) is 1.70. The number of hydrogen-bond acceptors (Lipinski definition) is 5. The third-order valence-corrected chi connectivity index (χ3v) is 4.50. The number of nitrogens with two attached hydrogens (primary N) is 1. The van der Waals surface area contributed by atoms with Crippen LogP contribution in [0.2, 0.25) is 0 Å². The molecule has 0 spiro atoms. The summed E-state index contributed by atoms with van der Waals surface area (Å²) in [5.41, 5.74) is 7.15. The second-order valence-corrected chi connectivity index (χ2v) is 5.93. The molecule has 1 aliphatic heterocycles. The van der Waals surface area contributed by atoms with Crippen molar-refractivity contribution in [3.05, 3.63) is 16.1 Å². The van der Waals surface area contributed by atoms with E-state index in [1.807, 2.05) is 11.8 Å². The maximum Gasteiger partial charge on any atom is 0.0983 e. The number of rotatable bonds is 5. The first kappa shape index (κ1) is 12.4. The quantitative estimate of drug-likeness (QED) is 0.881. The Kier molecular flexibility index (Phi) is 4.64. The summed E-state index contributed by atoms with van der Waals surface area (Å²) in [6, 6.07) is 0.0970. The molecule has 1 aliphatic rings. The lowest BCUT2D eigenvalue weighted by atomic mass is 10.1. The molecule has 1 saturated heterocycles. The van der Waals surface area contributed by atoms with Crippen LogP contribution in [0, 0.1) is 0 Å². The maximum atomic E-state index is 6.09. The average Bonchev–Trinajstić information content (AvgIpc) is 2.94. The van der Waals surface area contributed by atoms with E-state index in [9.17, 15) is 0 Å². The van der Waals surface area contributed by atoms with Crippen molar-refractivity contribution in [2.24, 2.45) is 5.73 Å². The van der Waals surface area contributed by atoms with Gasteiger partial charge in [-0.3, -0.25) is 0 Å². The van der Waals surface area contributed by atoms with Gasteiger partial charge in [-0.1, -0.05) is 0 Å². The molecule has 2 atom stereocenters. The number of thiazole rings is 1. The van der Waals surface area contributed by atoms with E-state index >= 15 is 0 Å². The minimum atomic E-state index is 0.0970. The second-order valence-electron chi connectivity index (χ2n) is 4.06. The van der Waals surface area contributed by atoms with Gasteiger partial charge in [0.2, 0.25) is 0 Å². The van der Waals surface area contributed by atoms with Crippen LogP contribution in [0.5, 0.6) is 0 Å². The van der Waals surface area contributed by atoms with Gasteiger partial charge in [0, 0.05) is 23.9 Å². The zero-order valence-electron chi connectivity index (χ0n) is 9.52. The molecule has 90 valence electrons. The van der Waals surface area contributed by atoms with Crippen LogP contribution in [-0.4, -0.2) is 30.2 Å². The Hall–Kier alpha value is -0.100. The highest BCUT2D eigenvalue weighted by Crippen LogP contribution is 2.29. The summed E-state index contributed by atoms with van der Waals surface area (Å²) in [4.78, 5) is 4.65. The highest BCUT2D eigenvalue weighted by molar-refractivity contribution is 7.98. The summed E-state index contributed by atoms with van der Waals surface area (Å²) in [5, 5.41) is 3.31. The third-order valence-electron chi connectivity index (χ3n) is 2.83. The Labute approximate surface area is 105 Å². The molecular weight excluding hydrogens is 240 g/mol. The average molecular weight is 258 g/mol. The molecule has 1 fully saturated rings. The molecule has 0 amide bonds. The lowest BCUT2D eigenvalue weighted by Crippen LogP contribution is -2.12. The molecular formula is C11H18N2OS2. The second kappa shape index (κ2) is 6.00. The first-order chi connectivity index (χ1) is 7.81. The van der Waals surface area contributed by atoms with Crippen molar-refractivity contribution in [1.82, 2.24) is 4.98 Å². The van der Waals surface area contributed by atoms with Gasteiger partial charge in [-0.05, 0) is 24.9 Å². The molecule has 0 saturated carbocycles. The summed E-state index contributed by atoms with van der Waals surface area (Å²) in [5.74, 6) is 1.60. The van der Waals surface area contributed by atoms with Gasteiger partial charge in [-0.25, -0.2) is 4.98 Å². The fourth-order valence-electron chi connectivity index (χ4n) is 1.78. The van der Waals surface area contributed by atoms with Crippen LogP contribution in [0.1, 0.15) is 35.5 Å². The summed E-state index contributed by atoms with van der Waals surface area (Å²) in [6.07, 6.45) is 4.22. The van der Waals surface area contributed by atoms with Gasteiger partial charge in [0.25, 0.3) is 0 Å². The molecule has 0 radical (unpaired) electrons. The van der Waals surface area contributed by atoms with Crippen molar-refractivity contribution < 1.29 is 4.74 Å². The van der Waals surface area contributed by atoms with Crippen LogP contribution >= 0.6 is 23.1 Å². The Balaban J connectivity index is 1.95. The molecule has 0 aromatic carbocycles. The van der Waals surface area contributed by atoms with Crippen molar-refractivity contribution in [3.8, 4) is 0 Å². The molecule has 2 unspecified atom stereocenters. The molecule has 0 aliphatic carbocycles. The van der Waals surface area contributed by atoms with Gasteiger partial charge in [0.15, 0.2) is 0 Å². The predicted octanol–water partition coefficient (Wildman–Crippen LogP) is 2.40. The van der Waals surface area contributed by atoms with Crippen molar-refractivity contribution in [2.45, 2.75) is 24.8 Å². The molecule has 2 N–H and O–H groups in total. The lowest BCUT2D eigenvalue weighted by molar-refractivity contribution is 0.194. The van der Waals surface area contributed by atoms with Gasteiger partial charge >= 0.3 is 0 Å². The highest BCUT2D eigenvalue weighted by Gasteiger charge is 2.21. The van der Waals surface area contributed by atoms with E-state index < -0.39 is 0 Å². The lowest BCUT2D eigenvalue weighted by Gasteiger charge is -2.07. The van der Waals surface area contributed by atoms with Crippen LogP contribution in [0.25, 0.3) is 0 Å². The Morgan fingerprint density at radius 1 is 1.75 bits per heavy atom. The van der Waals surface area contributed by atoms with Crippen LogP contribution in [0.3, 0.4) is 0 Å². The maximum absolute atomic E-state index is 6.09. The minimum absolute atomic E-state index is 0.0970. The number of hydrogen-bond donors (Lipinski definition) is 1. The smallest absolute Gasteiger partial charge is 0.0983 e. The predicted molar refractivity (Wildman–Crippen MR) is 70.2 cm³/mol. The third kappa shape index (κ3) is 2.97. The van der Waals surface area contributed by atoms with Gasteiger partial charge in [-0.2, -0.15) is 11.8 Å². The van der Waals surface area contributed by atoms with E-state index in [2.05, 4.69) is 16.6 Å². The first-order valence-corrected chi connectivity index (χ1v) is 7.86. The molecule has 0 bridgehead atoms. The highest BCUT2D eigenvalue weighted by atomic mass is 32.2. The zero-order valence-corrected chi connectivity index (χ0v) is 11.1. The number of nitrogens with zero attached hydrogens (tertiary/aromatic N) is 1. The zero-order chi connectivity index (χ0) is 11.4. The summed E-state index contributed by atoms with van der Waals surface area (Å²) >= 11 is 3.56. The Bertz CT molecular complexity index is 324. The number of ether oxygens (including phenoxy) is 1. The first-order valence-electron chi connectivity index (χ1n) is 5.59. The topological polar surface area (TPSA) is 48.1 Å². The van der Waals surface area contributed by atoms with Crippen LogP contribution in [-0.2, 0) is 4.74 Å². The van der Waals surface area contributed by atoms with Crippen LogP contribution in [0.15, 0.2) is 5.38 Å². The fraction of sp³-hybridized carbons (Fsp3) is 0.727. The minimum Gasteiger partial charge on any atom is -0.381 e. The van der Waals surface area contributed by atoms with E-state index in [0.29, 0.717) is 5.92 Å². The van der Waals surface area contributed by atoms with E-state index in [1.54, 1.807) is 11.3 Å². The van der Waals surface area contributed by atoms with E-state index in [-0.39, 0.29) is 6.04 Å². The largest absolute Gasteiger partial charge is 0.381 e. The Morgan fingerprint density at radius 2 is 2.62 bits per heavy atom. The van der Waals surface area contributed by atoms with Crippen molar-refractivity contribution in [3.63, 3.8) is 0 Å².